The van der Waals surface area contributed by atoms with Gasteiger partial charge in [0, 0.05) is 12.4 Å². The molecule has 0 amide bonds. The molecule has 0 N–H and O–H groups in total. The van der Waals surface area contributed by atoms with Gasteiger partial charge in [-0.15, -0.1) is 0 Å². The fourth-order valence-electron chi connectivity index (χ4n) is 2.83. The van der Waals surface area contributed by atoms with Crippen molar-refractivity contribution < 1.29 is 0 Å². The molecule has 0 radical (unpaired) electrons. The summed E-state index contributed by atoms with van der Waals surface area (Å²) in [4.78, 5) is 0. The molecule has 0 atom stereocenters. The van der Waals surface area contributed by atoms with Gasteiger partial charge in [0.25, 0.3) is 0 Å². The minimum absolute atomic E-state index is 0.706. The minimum Gasteiger partial charge on any atom is -0.164 e. The predicted octanol–water partition coefficient (Wildman–Crippen LogP) is 4.20. The van der Waals surface area contributed by atoms with E-state index in [4.69, 9.17) is 0 Å². The highest BCUT2D eigenvalue weighted by molar-refractivity contribution is 5.64. The predicted molar refractivity (Wildman–Crippen MR) is 70.1 cm³/mol. The third-order valence-electron chi connectivity index (χ3n) is 3.92. The Morgan fingerprint density at radius 3 is 1.31 bits per heavy atom. The van der Waals surface area contributed by atoms with E-state index in [1.807, 2.05) is 0 Å². The minimum atomic E-state index is 0.706. The Labute approximate surface area is 99.2 Å². The molecule has 2 aliphatic rings. The Hall–Kier alpha value is -0.660. The van der Waals surface area contributed by atoms with Gasteiger partial charge in [-0.05, 0) is 37.5 Å². The van der Waals surface area contributed by atoms with E-state index in [0.29, 0.717) is 11.8 Å². The molecule has 2 rings (SSSR count). The van der Waals surface area contributed by atoms with Crippen LogP contribution in [0, 0.1) is 11.8 Å². The summed E-state index contributed by atoms with van der Waals surface area (Å²) in [5, 5.41) is 8.47. The molecule has 2 saturated carbocycles. The van der Waals surface area contributed by atoms with Crippen LogP contribution in [0.1, 0.15) is 64.2 Å². The van der Waals surface area contributed by atoms with E-state index in [-0.39, 0.29) is 0 Å². The Kier molecular flexibility index (Phi) is 5.04. The van der Waals surface area contributed by atoms with Crippen LogP contribution in [-0.2, 0) is 0 Å². The van der Waals surface area contributed by atoms with E-state index in [1.165, 1.54) is 64.2 Å². The average molecular weight is 220 g/mol. The normalized spacial score (nSPS) is 25.8. The largest absolute Gasteiger partial charge is 0.164 e. The van der Waals surface area contributed by atoms with Crippen LogP contribution in [-0.4, -0.2) is 12.4 Å². The van der Waals surface area contributed by atoms with Crippen molar-refractivity contribution >= 4 is 12.4 Å². The van der Waals surface area contributed by atoms with Gasteiger partial charge in [-0.3, -0.25) is 0 Å². The fraction of sp³-hybridized carbons (Fsp3) is 0.857. The topological polar surface area (TPSA) is 24.7 Å². The Morgan fingerprint density at radius 1 is 0.562 bits per heavy atom. The molecule has 0 saturated heterocycles. The van der Waals surface area contributed by atoms with Crippen molar-refractivity contribution in [3.05, 3.63) is 0 Å². The molecule has 0 aliphatic heterocycles. The van der Waals surface area contributed by atoms with Gasteiger partial charge in [-0.25, -0.2) is 0 Å². The maximum atomic E-state index is 4.23. The van der Waals surface area contributed by atoms with Gasteiger partial charge in [0.1, 0.15) is 0 Å². The Balaban J connectivity index is 1.68. The molecule has 0 bridgehead atoms. The summed E-state index contributed by atoms with van der Waals surface area (Å²) >= 11 is 0. The van der Waals surface area contributed by atoms with Crippen molar-refractivity contribution in [2.45, 2.75) is 64.2 Å². The van der Waals surface area contributed by atoms with E-state index in [0.717, 1.165) is 0 Å². The highest BCUT2D eigenvalue weighted by Gasteiger charge is 2.11. The van der Waals surface area contributed by atoms with Gasteiger partial charge in [-0.1, -0.05) is 38.5 Å². The summed E-state index contributed by atoms with van der Waals surface area (Å²) in [6, 6.07) is 0. The van der Waals surface area contributed by atoms with Crippen LogP contribution in [0.15, 0.2) is 10.2 Å². The molecule has 2 nitrogen and oxygen atoms in total. The third kappa shape index (κ3) is 4.07. The summed E-state index contributed by atoms with van der Waals surface area (Å²) in [5.41, 5.74) is 0. The first-order chi connectivity index (χ1) is 7.95. The lowest BCUT2D eigenvalue weighted by molar-refractivity contribution is 0.442. The molecule has 0 aromatic rings. The zero-order chi connectivity index (χ0) is 11.1. The van der Waals surface area contributed by atoms with Crippen molar-refractivity contribution in [3.8, 4) is 0 Å². The molecule has 0 heterocycles. The monoisotopic (exact) mass is 220 g/mol. The number of nitrogens with zero attached hydrogens (tertiary/aromatic N) is 2. The first kappa shape index (κ1) is 11.8. The molecule has 2 fully saturated rings. The molecule has 2 heteroatoms. The zero-order valence-corrected chi connectivity index (χ0v) is 10.3. The van der Waals surface area contributed by atoms with E-state index in [1.54, 1.807) is 0 Å². The molecule has 0 unspecified atom stereocenters. The van der Waals surface area contributed by atoms with Crippen molar-refractivity contribution in [2.75, 3.05) is 0 Å². The van der Waals surface area contributed by atoms with Crippen molar-refractivity contribution in [1.29, 1.82) is 0 Å². The maximum Gasteiger partial charge on any atom is 0.0301 e. The van der Waals surface area contributed by atoms with Crippen LogP contribution in [0.2, 0.25) is 0 Å². The van der Waals surface area contributed by atoms with Crippen LogP contribution < -0.4 is 0 Å². The molecular formula is C14H24N2. The van der Waals surface area contributed by atoms with Crippen LogP contribution in [0.4, 0.5) is 0 Å². The second-order valence-corrected chi connectivity index (χ2v) is 5.33. The molecule has 0 aromatic carbocycles. The van der Waals surface area contributed by atoms with Gasteiger partial charge in [0.15, 0.2) is 0 Å². The summed E-state index contributed by atoms with van der Waals surface area (Å²) in [5.74, 6) is 1.41. The van der Waals surface area contributed by atoms with Gasteiger partial charge in [0.05, 0.1) is 0 Å². The van der Waals surface area contributed by atoms with Gasteiger partial charge in [-0.2, -0.15) is 10.2 Å². The first-order valence-corrected chi connectivity index (χ1v) is 7.02. The summed E-state index contributed by atoms with van der Waals surface area (Å²) in [6.07, 6.45) is 17.8. The van der Waals surface area contributed by atoms with E-state index in [9.17, 15) is 0 Å². The Bertz CT molecular complexity index is 207. The first-order valence-electron chi connectivity index (χ1n) is 7.02. The molecule has 0 spiro atoms. The fourth-order valence-corrected chi connectivity index (χ4v) is 2.83. The number of hydrogen-bond donors (Lipinski definition) is 0. The zero-order valence-electron chi connectivity index (χ0n) is 10.3. The smallest absolute Gasteiger partial charge is 0.0301 e. The van der Waals surface area contributed by atoms with Gasteiger partial charge < -0.3 is 0 Å². The van der Waals surface area contributed by atoms with Crippen molar-refractivity contribution in [2.24, 2.45) is 22.0 Å². The molecule has 16 heavy (non-hydrogen) atoms. The Morgan fingerprint density at radius 2 is 0.938 bits per heavy atom. The second-order valence-electron chi connectivity index (χ2n) is 5.33. The van der Waals surface area contributed by atoms with E-state index in [2.05, 4.69) is 22.6 Å². The lowest BCUT2D eigenvalue weighted by atomic mass is 9.90. The summed E-state index contributed by atoms with van der Waals surface area (Å²) < 4.78 is 0. The maximum absolute atomic E-state index is 4.23. The molecule has 90 valence electrons. The number of rotatable bonds is 3. The second kappa shape index (κ2) is 6.82. The summed E-state index contributed by atoms with van der Waals surface area (Å²) in [7, 11) is 0. The SMILES string of the molecule is C(=NN=CC1CCCCC1)C1CCCCC1. The lowest BCUT2D eigenvalue weighted by Crippen LogP contribution is -2.08. The van der Waals surface area contributed by atoms with Crippen molar-refractivity contribution in [3.63, 3.8) is 0 Å². The average Bonchev–Trinajstić information content (AvgIpc) is 2.37. The summed E-state index contributed by atoms with van der Waals surface area (Å²) in [6.45, 7) is 0. The quantitative estimate of drug-likeness (QED) is 0.503. The van der Waals surface area contributed by atoms with Crippen LogP contribution in [0.25, 0.3) is 0 Å². The lowest BCUT2D eigenvalue weighted by Gasteiger charge is -2.17. The van der Waals surface area contributed by atoms with Gasteiger partial charge in [0.2, 0.25) is 0 Å². The van der Waals surface area contributed by atoms with Crippen LogP contribution >= 0.6 is 0 Å². The number of hydrogen-bond acceptors (Lipinski definition) is 2. The van der Waals surface area contributed by atoms with Crippen LogP contribution in [0.3, 0.4) is 0 Å². The highest BCUT2D eigenvalue weighted by Crippen LogP contribution is 2.23. The van der Waals surface area contributed by atoms with Gasteiger partial charge >= 0.3 is 0 Å². The molecular weight excluding hydrogens is 196 g/mol. The van der Waals surface area contributed by atoms with Crippen molar-refractivity contribution in [1.82, 2.24) is 0 Å². The highest BCUT2D eigenvalue weighted by atomic mass is 15.2. The van der Waals surface area contributed by atoms with Crippen LogP contribution in [0.5, 0.6) is 0 Å². The van der Waals surface area contributed by atoms with E-state index < -0.39 is 0 Å². The third-order valence-corrected chi connectivity index (χ3v) is 3.92. The van der Waals surface area contributed by atoms with E-state index >= 15 is 0 Å². The standard InChI is InChI=1S/C14H24N2/c1-3-7-13(8-4-1)11-15-16-12-14-9-5-2-6-10-14/h11-14H,1-10H2. The molecule has 2 aliphatic carbocycles. The molecule has 0 aromatic heterocycles.